The molecule has 6 nitrogen and oxygen atoms in total. The molecule has 4 atom stereocenters. The number of nitrogens with one attached hydrogen (secondary N) is 2. The number of fused-ring (bicyclic) bond motifs is 2. The first kappa shape index (κ1) is 15.5. The van der Waals surface area contributed by atoms with Crippen molar-refractivity contribution in [3.05, 3.63) is 12.2 Å². The number of carboxylic acid groups (broad SMARTS) is 1. The molecule has 3 rings (SSSR count). The molecule has 1 amide bonds. The number of aliphatic carboxylic acids is 1. The van der Waals surface area contributed by atoms with Gasteiger partial charge in [-0.2, -0.15) is 0 Å². The molecule has 0 unspecified atom stereocenters. The lowest BCUT2D eigenvalue weighted by molar-refractivity contribution is -0.908. The van der Waals surface area contributed by atoms with Gasteiger partial charge in [-0.3, -0.25) is 4.79 Å². The quantitative estimate of drug-likeness (QED) is 0.423. The molecule has 2 N–H and O–H groups in total. The van der Waals surface area contributed by atoms with Crippen molar-refractivity contribution in [3.8, 4) is 0 Å². The largest absolute Gasteiger partial charge is 0.550 e. The van der Waals surface area contributed by atoms with Crippen LogP contribution in [0.3, 0.4) is 0 Å². The molecule has 2 fully saturated rings. The van der Waals surface area contributed by atoms with E-state index < -0.39 is 17.8 Å². The highest BCUT2D eigenvalue weighted by molar-refractivity contribution is 5.86. The molecule has 1 aliphatic heterocycles. The van der Waals surface area contributed by atoms with E-state index in [2.05, 4.69) is 5.32 Å². The minimum absolute atomic E-state index is 0.0245. The standard InChI is InChI=1S/C16H24N2O4/c19-15(17-4-1-5-18-6-8-22-9-7-18)13-11-2-3-12(10-11)14(13)16(20)21/h2-3,11-14H,1,4-10H2,(H,17,19)(H,20,21)/t11-,12-,13+,14-/m0/s1. The second-order valence-corrected chi connectivity index (χ2v) is 6.58. The molecular weight excluding hydrogens is 284 g/mol. The highest BCUT2D eigenvalue weighted by atomic mass is 16.5. The zero-order valence-corrected chi connectivity index (χ0v) is 12.8. The van der Waals surface area contributed by atoms with E-state index >= 15 is 0 Å². The van der Waals surface area contributed by atoms with Gasteiger partial charge in [0.15, 0.2) is 0 Å². The van der Waals surface area contributed by atoms with E-state index in [1.165, 1.54) is 4.90 Å². The van der Waals surface area contributed by atoms with Crippen molar-refractivity contribution in [1.82, 2.24) is 5.32 Å². The summed E-state index contributed by atoms with van der Waals surface area (Å²) in [6, 6.07) is 0. The van der Waals surface area contributed by atoms with Crippen LogP contribution in [0.15, 0.2) is 12.2 Å². The Bertz CT molecular complexity index is 459. The Morgan fingerprint density at radius 3 is 2.55 bits per heavy atom. The Morgan fingerprint density at radius 1 is 1.18 bits per heavy atom. The number of amides is 1. The number of hydrogen-bond donors (Lipinski definition) is 2. The number of carboxylic acids is 1. The lowest BCUT2D eigenvalue weighted by atomic mass is 9.82. The summed E-state index contributed by atoms with van der Waals surface area (Å²) in [5, 5.41) is 14.2. The number of hydrogen-bond acceptors (Lipinski definition) is 4. The molecule has 0 radical (unpaired) electrons. The minimum atomic E-state index is -1.09. The van der Waals surface area contributed by atoms with Crippen LogP contribution in [0.4, 0.5) is 0 Å². The summed E-state index contributed by atoms with van der Waals surface area (Å²) in [5.74, 6) is -2.27. The highest BCUT2D eigenvalue weighted by Gasteiger charge is 2.48. The van der Waals surface area contributed by atoms with Crippen LogP contribution >= 0.6 is 0 Å². The van der Waals surface area contributed by atoms with Crippen LogP contribution in [0, 0.1) is 23.7 Å². The fourth-order valence-corrected chi connectivity index (χ4v) is 4.08. The van der Waals surface area contributed by atoms with Crippen molar-refractivity contribution in [2.75, 3.05) is 39.4 Å². The van der Waals surface area contributed by atoms with Gasteiger partial charge in [0.05, 0.1) is 25.7 Å². The Morgan fingerprint density at radius 2 is 1.86 bits per heavy atom. The summed E-state index contributed by atoms with van der Waals surface area (Å²) in [7, 11) is 0. The maximum atomic E-state index is 12.3. The SMILES string of the molecule is O=C([O-])[C@@H]1[C@H](C(=O)NCCC[NH+]2CCOCC2)[C@H]2C=C[C@H]1C2. The maximum absolute atomic E-state index is 12.3. The van der Waals surface area contributed by atoms with Crippen LogP contribution in [0.25, 0.3) is 0 Å². The van der Waals surface area contributed by atoms with Gasteiger partial charge in [-0.05, 0) is 18.3 Å². The number of quaternary nitrogens is 1. The second kappa shape index (κ2) is 6.79. The van der Waals surface area contributed by atoms with Crippen LogP contribution in [0.2, 0.25) is 0 Å². The average Bonchev–Trinajstić information content (AvgIpc) is 3.13. The average molecular weight is 308 g/mol. The molecule has 3 aliphatic rings. The van der Waals surface area contributed by atoms with Gasteiger partial charge >= 0.3 is 0 Å². The molecule has 1 saturated heterocycles. The van der Waals surface area contributed by atoms with Crippen molar-refractivity contribution < 1.29 is 24.3 Å². The summed E-state index contributed by atoms with van der Waals surface area (Å²) in [6.07, 6.45) is 5.60. The molecule has 2 bridgehead atoms. The maximum Gasteiger partial charge on any atom is 0.224 e. The van der Waals surface area contributed by atoms with Crippen LogP contribution in [0.5, 0.6) is 0 Å². The lowest BCUT2D eigenvalue weighted by Crippen LogP contribution is -3.14. The zero-order chi connectivity index (χ0) is 15.5. The topological polar surface area (TPSA) is 82.9 Å². The van der Waals surface area contributed by atoms with Crippen LogP contribution < -0.4 is 15.3 Å². The van der Waals surface area contributed by atoms with E-state index in [-0.39, 0.29) is 17.7 Å². The second-order valence-electron chi connectivity index (χ2n) is 6.58. The summed E-state index contributed by atoms with van der Waals surface area (Å²) < 4.78 is 5.32. The smallest absolute Gasteiger partial charge is 0.224 e. The summed E-state index contributed by atoms with van der Waals surface area (Å²) in [4.78, 5) is 25.2. The highest BCUT2D eigenvalue weighted by Crippen LogP contribution is 2.47. The number of carbonyl (C=O) groups excluding carboxylic acids is 2. The molecule has 22 heavy (non-hydrogen) atoms. The number of carbonyl (C=O) groups is 2. The predicted octanol–water partition coefficient (Wildman–Crippen LogP) is -2.40. The summed E-state index contributed by atoms with van der Waals surface area (Å²) in [6.45, 7) is 5.30. The van der Waals surface area contributed by atoms with Crippen molar-refractivity contribution in [1.29, 1.82) is 0 Å². The Kier molecular flexibility index (Phi) is 4.78. The third-order valence-corrected chi connectivity index (χ3v) is 5.24. The van der Waals surface area contributed by atoms with Gasteiger partial charge in [-0.25, -0.2) is 0 Å². The first-order valence-electron chi connectivity index (χ1n) is 8.25. The van der Waals surface area contributed by atoms with E-state index in [0.717, 1.165) is 45.7 Å². The van der Waals surface area contributed by atoms with Crippen molar-refractivity contribution in [2.45, 2.75) is 12.8 Å². The molecule has 6 heteroatoms. The van der Waals surface area contributed by atoms with Crippen molar-refractivity contribution >= 4 is 11.9 Å². The third-order valence-electron chi connectivity index (χ3n) is 5.24. The first-order chi connectivity index (χ1) is 10.7. The van der Waals surface area contributed by atoms with Gasteiger partial charge in [0, 0.05) is 24.9 Å². The first-order valence-corrected chi connectivity index (χ1v) is 8.25. The normalized spacial score (nSPS) is 34.0. The van der Waals surface area contributed by atoms with E-state index in [9.17, 15) is 14.7 Å². The monoisotopic (exact) mass is 308 g/mol. The van der Waals surface area contributed by atoms with Gasteiger partial charge in [-0.1, -0.05) is 12.2 Å². The van der Waals surface area contributed by atoms with Gasteiger partial charge in [0.25, 0.3) is 0 Å². The Balaban J connectivity index is 1.43. The zero-order valence-electron chi connectivity index (χ0n) is 12.8. The van der Waals surface area contributed by atoms with Gasteiger partial charge < -0.3 is 24.9 Å². The Labute approximate surface area is 130 Å². The number of allylic oxidation sites excluding steroid dienone is 2. The lowest BCUT2D eigenvalue weighted by Gasteiger charge is -2.28. The molecule has 122 valence electrons. The van der Waals surface area contributed by atoms with Gasteiger partial charge in [0.2, 0.25) is 5.91 Å². The number of ether oxygens (including phenoxy) is 1. The van der Waals surface area contributed by atoms with E-state index in [1.54, 1.807) is 0 Å². The van der Waals surface area contributed by atoms with E-state index in [1.807, 2.05) is 12.2 Å². The summed E-state index contributed by atoms with van der Waals surface area (Å²) in [5.41, 5.74) is 0. The van der Waals surface area contributed by atoms with E-state index in [4.69, 9.17) is 4.74 Å². The Hall–Kier alpha value is -1.40. The van der Waals surface area contributed by atoms with Crippen LogP contribution in [-0.2, 0) is 14.3 Å². The van der Waals surface area contributed by atoms with Crippen LogP contribution in [-0.4, -0.2) is 51.3 Å². The fraction of sp³-hybridized carbons (Fsp3) is 0.750. The van der Waals surface area contributed by atoms with Crippen molar-refractivity contribution in [2.24, 2.45) is 23.7 Å². The number of rotatable bonds is 6. The molecule has 0 aromatic heterocycles. The summed E-state index contributed by atoms with van der Waals surface area (Å²) >= 11 is 0. The van der Waals surface area contributed by atoms with E-state index in [0.29, 0.717) is 6.54 Å². The molecule has 1 heterocycles. The third kappa shape index (κ3) is 3.17. The minimum Gasteiger partial charge on any atom is -0.550 e. The van der Waals surface area contributed by atoms with Crippen molar-refractivity contribution in [3.63, 3.8) is 0 Å². The molecular formula is C16H24N2O4. The molecule has 0 aromatic rings. The fourth-order valence-electron chi connectivity index (χ4n) is 4.08. The molecule has 0 spiro atoms. The molecule has 0 aromatic carbocycles. The molecule has 2 aliphatic carbocycles. The molecule has 1 saturated carbocycles. The van der Waals surface area contributed by atoms with Crippen LogP contribution in [0.1, 0.15) is 12.8 Å². The number of morpholine rings is 1. The van der Waals surface area contributed by atoms with Gasteiger partial charge in [-0.15, -0.1) is 0 Å². The van der Waals surface area contributed by atoms with Gasteiger partial charge in [0.1, 0.15) is 13.1 Å². The predicted molar refractivity (Wildman–Crippen MR) is 76.7 cm³/mol.